The van der Waals surface area contributed by atoms with Gasteiger partial charge in [-0.1, -0.05) is 55.8 Å². The monoisotopic (exact) mass is 442 g/mol. The number of benzene rings is 1. The highest BCUT2D eigenvalue weighted by atomic mass is 16.5. The van der Waals surface area contributed by atoms with Gasteiger partial charge in [-0.05, 0) is 31.7 Å². The van der Waals surface area contributed by atoms with Gasteiger partial charge in [-0.2, -0.15) is 0 Å². The molecule has 2 aliphatic rings. The Labute approximate surface area is 189 Å². The number of aliphatic hydroxyl groups excluding tert-OH is 1. The van der Waals surface area contributed by atoms with Gasteiger partial charge < -0.3 is 20.1 Å². The highest BCUT2D eigenvalue weighted by Crippen LogP contribution is 2.46. The first-order valence-electron chi connectivity index (χ1n) is 11.5. The molecule has 174 valence electrons. The van der Waals surface area contributed by atoms with E-state index < -0.39 is 29.8 Å². The van der Waals surface area contributed by atoms with Gasteiger partial charge in [0.25, 0.3) is 0 Å². The smallest absolute Gasteiger partial charge is 0.310 e. The summed E-state index contributed by atoms with van der Waals surface area (Å²) in [5, 5.41) is 12.8. The Morgan fingerprint density at radius 3 is 2.53 bits per heavy atom. The minimum Gasteiger partial charge on any atom is -0.466 e. The Morgan fingerprint density at radius 1 is 1.19 bits per heavy atom. The number of likely N-dealkylation sites (tertiary alicyclic amines) is 1. The number of rotatable bonds is 9. The van der Waals surface area contributed by atoms with Crippen LogP contribution in [0.5, 0.6) is 0 Å². The number of carbonyl (C=O) groups excluding carboxylic acids is 3. The average molecular weight is 443 g/mol. The van der Waals surface area contributed by atoms with Gasteiger partial charge in [0.2, 0.25) is 11.8 Å². The molecule has 1 heterocycles. The maximum Gasteiger partial charge on any atom is 0.310 e. The molecule has 1 aromatic carbocycles. The number of nitrogens with zero attached hydrogens (tertiary/aromatic N) is 1. The normalized spacial score (nSPS) is 27.7. The third kappa shape index (κ3) is 4.72. The second-order valence-electron chi connectivity index (χ2n) is 8.64. The number of hydrogen-bond acceptors (Lipinski definition) is 5. The van der Waals surface area contributed by atoms with Crippen molar-refractivity contribution in [2.75, 3.05) is 13.2 Å². The highest BCUT2D eigenvalue weighted by Gasteiger charge is 2.58. The maximum atomic E-state index is 13.6. The third-order valence-corrected chi connectivity index (χ3v) is 6.55. The van der Waals surface area contributed by atoms with Crippen LogP contribution in [0.2, 0.25) is 0 Å². The number of aliphatic hydroxyl groups is 1. The first kappa shape index (κ1) is 24.0. The van der Waals surface area contributed by atoms with Gasteiger partial charge in [0.15, 0.2) is 0 Å². The molecule has 1 aliphatic heterocycles. The largest absolute Gasteiger partial charge is 0.466 e. The lowest BCUT2D eigenvalue weighted by Gasteiger charge is -2.34. The lowest BCUT2D eigenvalue weighted by atomic mass is 9.69. The zero-order valence-electron chi connectivity index (χ0n) is 19.1. The summed E-state index contributed by atoms with van der Waals surface area (Å²) in [7, 11) is 0. The van der Waals surface area contributed by atoms with E-state index in [0.717, 1.165) is 18.4 Å². The van der Waals surface area contributed by atoms with E-state index in [9.17, 15) is 19.5 Å². The molecule has 0 saturated carbocycles. The molecule has 7 nitrogen and oxygen atoms in total. The van der Waals surface area contributed by atoms with Crippen molar-refractivity contribution in [2.24, 2.45) is 23.7 Å². The molecule has 6 atom stereocenters. The Kier molecular flexibility index (Phi) is 8.07. The van der Waals surface area contributed by atoms with Crippen LogP contribution in [0.3, 0.4) is 0 Å². The molecule has 0 spiro atoms. The first-order valence-corrected chi connectivity index (χ1v) is 11.5. The number of esters is 1. The van der Waals surface area contributed by atoms with Crippen LogP contribution in [0.1, 0.15) is 39.2 Å². The molecule has 1 fully saturated rings. The third-order valence-electron chi connectivity index (χ3n) is 6.55. The number of amides is 2. The molecular weight excluding hydrogens is 408 g/mol. The second kappa shape index (κ2) is 10.8. The average Bonchev–Trinajstić information content (AvgIpc) is 3.10. The number of allylic oxidation sites excluding steroid dienone is 1. The van der Waals surface area contributed by atoms with Crippen molar-refractivity contribution in [1.82, 2.24) is 10.2 Å². The van der Waals surface area contributed by atoms with E-state index >= 15 is 0 Å². The summed E-state index contributed by atoms with van der Waals surface area (Å²) in [6.45, 7) is 5.82. The van der Waals surface area contributed by atoms with Gasteiger partial charge in [0.05, 0.1) is 31.1 Å². The van der Waals surface area contributed by atoms with Crippen LogP contribution in [0.15, 0.2) is 42.5 Å². The molecule has 0 radical (unpaired) electrons. The zero-order chi connectivity index (χ0) is 23.3. The molecule has 1 saturated heterocycles. The summed E-state index contributed by atoms with van der Waals surface area (Å²) >= 11 is 0. The minimum atomic E-state index is -0.783. The van der Waals surface area contributed by atoms with E-state index in [-0.39, 0.29) is 36.9 Å². The number of fused-ring (bicyclic) bond motifs is 1. The topological polar surface area (TPSA) is 95.9 Å². The predicted molar refractivity (Wildman–Crippen MR) is 120 cm³/mol. The summed E-state index contributed by atoms with van der Waals surface area (Å²) in [6.07, 6.45) is 5.53. The summed E-state index contributed by atoms with van der Waals surface area (Å²) in [6, 6.07) is 8.23. The molecule has 1 aromatic rings. The standard InChI is InChI=1S/C25H34N2O5/c1-4-9-18-12-13-19-21(20(18)25(31)32-5-2)24(30)27(16(3)15-28)22(19)23(29)26-14-17-10-7-6-8-11-17/h6-8,10-13,16,18-22,28H,4-5,9,14-15H2,1-3H3,(H,26,29)/t16-,18-,19+,20-,21+,22+/m1/s1. The molecule has 0 aromatic heterocycles. The number of nitrogens with one attached hydrogen (secondary N) is 1. The van der Waals surface area contributed by atoms with Crippen LogP contribution in [0.4, 0.5) is 0 Å². The van der Waals surface area contributed by atoms with E-state index in [1.54, 1.807) is 13.8 Å². The van der Waals surface area contributed by atoms with Crippen molar-refractivity contribution in [3.8, 4) is 0 Å². The first-order chi connectivity index (χ1) is 15.4. The quantitative estimate of drug-likeness (QED) is 0.452. The zero-order valence-corrected chi connectivity index (χ0v) is 19.1. The molecule has 1 aliphatic carbocycles. The van der Waals surface area contributed by atoms with Crippen LogP contribution >= 0.6 is 0 Å². The fraction of sp³-hybridized carbons (Fsp3) is 0.560. The minimum absolute atomic E-state index is 0.110. The van der Waals surface area contributed by atoms with Gasteiger partial charge in [0.1, 0.15) is 6.04 Å². The van der Waals surface area contributed by atoms with Crippen molar-refractivity contribution in [1.29, 1.82) is 0 Å². The molecule has 32 heavy (non-hydrogen) atoms. The van der Waals surface area contributed by atoms with Crippen LogP contribution in [0.25, 0.3) is 0 Å². The second-order valence-corrected chi connectivity index (χ2v) is 8.64. The molecule has 3 rings (SSSR count). The van der Waals surface area contributed by atoms with Gasteiger partial charge in [-0.25, -0.2) is 0 Å². The van der Waals surface area contributed by atoms with Crippen LogP contribution in [-0.2, 0) is 25.7 Å². The lowest BCUT2D eigenvalue weighted by Crippen LogP contribution is -2.51. The van der Waals surface area contributed by atoms with E-state index in [1.165, 1.54) is 4.90 Å². The van der Waals surface area contributed by atoms with Gasteiger partial charge in [0, 0.05) is 12.5 Å². The molecule has 2 N–H and O–H groups in total. The SMILES string of the molecule is CCC[C@@H]1C=C[C@H]2[C@H](C(=O)N([C@H](C)CO)[C@@H]2C(=O)NCc2ccccc2)[C@@H]1C(=O)OCC. The molecular formula is C25H34N2O5. The summed E-state index contributed by atoms with van der Waals surface area (Å²) in [4.78, 5) is 41.3. The Balaban J connectivity index is 1.93. The van der Waals surface area contributed by atoms with Gasteiger partial charge in [-0.15, -0.1) is 0 Å². The van der Waals surface area contributed by atoms with Crippen molar-refractivity contribution in [2.45, 2.75) is 52.2 Å². The number of ether oxygens (including phenoxy) is 1. The molecule has 2 amide bonds. The molecule has 7 heteroatoms. The Hall–Kier alpha value is -2.67. The number of hydrogen-bond donors (Lipinski definition) is 2. The number of carbonyl (C=O) groups is 3. The van der Waals surface area contributed by atoms with Crippen LogP contribution < -0.4 is 5.32 Å². The van der Waals surface area contributed by atoms with E-state index in [0.29, 0.717) is 6.54 Å². The fourth-order valence-corrected chi connectivity index (χ4v) is 5.07. The van der Waals surface area contributed by atoms with E-state index in [2.05, 4.69) is 5.32 Å². The van der Waals surface area contributed by atoms with Crippen molar-refractivity contribution >= 4 is 17.8 Å². The van der Waals surface area contributed by atoms with E-state index in [4.69, 9.17) is 4.74 Å². The van der Waals surface area contributed by atoms with Crippen molar-refractivity contribution < 1.29 is 24.2 Å². The maximum absolute atomic E-state index is 13.6. The Morgan fingerprint density at radius 2 is 1.91 bits per heavy atom. The predicted octanol–water partition coefficient (Wildman–Crippen LogP) is 2.29. The molecule has 0 bridgehead atoms. The summed E-state index contributed by atoms with van der Waals surface area (Å²) < 4.78 is 5.34. The van der Waals surface area contributed by atoms with Gasteiger partial charge >= 0.3 is 5.97 Å². The lowest BCUT2D eigenvalue weighted by molar-refractivity contribution is -0.156. The van der Waals surface area contributed by atoms with Gasteiger partial charge in [-0.3, -0.25) is 14.4 Å². The van der Waals surface area contributed by atoms with E-state index in [1.807, 2.05) is 49.4 Å². The van der Waals surface area contributed by atoms with Crippen LogP contribution in [-0.4, -0.2) is 53.1 Å². The summed E-state index contributed by atoms with van der Waals surface area (Å²) in [5.74, 6) is -2.79. The highest BCUT2D eigenvalue weighted by molar-refractivity contribution is 5.96. The van der Waals surface area contributed by atoms with Crippen LogP contribution in [0, 0.1) is 23.7 Å². The van der Waals surface area contributed by atoms with Crippen molar-refractivity contribution in [3.63, 3.8) is 0 Å². The van der Waals surface area contributed by atoms with Crippen molar-refractivity contribution in [3.05, 3.63) is 48.0 Å². The Bertz CT molecular complexity index is 840. The summed E-state index contributed by atoms with van der Waals surface area (Å²) in [5.41, 5.74) is 0.954. The molecule has 0 unspecified atom stereocenters. The fourth-order valence-electron chi connectivity index (χ4n) is 5.07.